The van der Waals surface area contributed by atoms with Crippen molar-refractivity contribution in [2.45, 2.75) is 39.0 Å². The third-order valence-electron chi connectivity index (χ3n) is 2.78. The van der Waals surface area contributed by atoms with E-state index < -0.39 is 0 Å². The molecule has 0 spiro atoms. The predicted octanol–water partition coefficient (Wildman–Crippen LogP) is 3.74. The van der Waals surface area contributed by atoms with Crippen LogP contribution in [0.25, 0.3) is 0 Å². The van der Waals surface area contributed by atoms with Crippen LogP contribution in [0.5, 0.6) is 0 Å². The Morgan fingerprint density at radius 2 is 2.14 bits per heavy atom. The van der Waals surface area contributed by atoms with Gasteiger partial charge in [-0.3, -0.25) is 0 Å². The number of ether oxygens (including phenoxy) is 1. The number of hydrogen-bond acceptors (Lipinski definition) is 1. The van der Waals surface area contributed by atoms with Gasteiger partial charge in [-0.1, -0.05) is 38.3 Å². The van der Waals surface area contributed by atoms with E-state index in [2.05, 4.69) is 25.2 Å². The Bertz CT molecular complexity index is 294. The maximum Gasteiger partial charge on any atom is 0.123 e. The quantitative estimate of drug-likeness (QED) is 0.580. The maximum atomic E-state index is 5.74. The molecule has 14 heavy (non-hydrogen) atoms. The molecule has 1 heteroatoms. The minimum atomic E-state index is 0.885. The minimum absolute atomic E-state index is 0.885. The van der Waals surface area contributed by atoms with E-state index in [0.717, 1.165) is 18.8 Å². The Kier molecular flexibility index (Phi) is 3.07. The summed E-state index contributed by atoms with van der Waals surface area (Å²) in [5.41, 5.74) is 2.78. The van der Waals surface area contributed by atoms with Crippen molar-refractivity contribution >= 4 is 0 Å². The summed E-state index contributed by atoms with van der Waals surface area (Å²) in [6, 6.07) is 0. The first-order valence-corrected chi connectivity index (χ1v) is 5.65. The van der Waals surface area contributed by atoms with Gasteiger partial charge in [-0.2, -0.15) is 0 Å². The van der Waals surface area contributed by atoms with Crippen molar-refractivity contribution in [2.75, 3.05) is 6.61 Å². The van der Waals surface area contributed by atoms with Crippen molar-refractivity contribution in [1.82, 2.24) is 0 Å². The molecule has 0 radical (unpaired) electrons. The minimum Gasteiger partial charge on any atom is -0.493 e. The van der Waals surface area contributed by atoms with Crippen LogP contribution in [0.3, 0.4) is 0 Å². The molecule has 0 amide bonds. The van der Waals surface area contributed by atoms with Crippen LogP contribution in [0.2, 0.25) is 0 Å². The zero-order valence-corrected chi connectivity index (χ0v) is 8.88. The second-order valence-corrected chi connectivity index (χ2v) is 4.03. The van der Waals surface area contributed by atoms with Crippen LogP contribution in [0.1, 0.15) is 39.0 Å². The highest BCUT2D eigenvalue weighted by atomic mass is 16.5. The lowest BCUT2D eigenvalue weighted by Crippen LogP contribution is -1.94. The fourth-order valence-corrected chi connectivity index (χ4v) is 1.92. The van der Waals surface area contributed by atoms with Gasteiger partial charge in [0.2, 0.25) is 0 Å². The molecule has 0 heterocycles. The van der Waals surface area contributed by atoms with E-state index in [9.17, 15) is 0 Å². The average molecular weight is 190 g/mol. The van der Waals surface area contributed by atoms with Gasteiger partial charge in [0.15, 0.2) is 0 Å². The third kappa shape index (κ3) is 2.09. The van der Waals surface area contributed by atoms with Crippen molar-refractivity contribution < 1.29 is 4.74 Å². The summed E-state index contributed by atoms with van der Waals surface area (Å²) in [5.74, 6) is 1.12. The van der Waals surface area contributed by atoms with Gasteiger partial charge in [-0.05, 0) is 23.6 Å². The standard InChI is InChI=1S/C13H18O/c1-2-3-4-5-8-14-13-10-11-6-7-12(13)9-11/h6-7,10H,2-5,8-9H2,1H3. The zero-order chi connectivity index (χ0) is 9.80. The molecule has 0 atom stereocenters. The van der Waals surface area contributed by atoms with Gasteiger partial charge in [-0.15, -0.1) is 0 Å². The van der Waals surface area contributed by atoms with Gasteiger partial charge in [0, 0.05) is 6.42 Å². The van der Waals surface area contributed by atoms with Crippen molar-refractivity contribution in [3.05, 3.63) is 35.1 Å². The Balaban J connectivity index is 1.68. The molecule has 0 unspecified atom stereocenters. The second-order valence-electron chi connectivity index (χ2n) is 4.03. The van der Waals surface area contributed by atoms with E-state index in [1.54, 1.807) is 0 Å². The molecule has 0 aromatic rings. The van der Waals surface area contributed by atoms with E-state index in [1.165, 1.54) is 36.8 Å². The van der Waals surface area contributed by atoms with Crippen LogP contribution in [0, 0.1) is 0 Å². The molecule has 0 saturated heterocycles. The molecule has 2 aliphatic carbocycles. The van der Waals surface area contributed by atoms with E-state index in [1.807, 2.05) is 0 Å². The van der Waals surface area contributed by atoms with Gasteiger partial charge in [-0.25, -0.2) is 0 Å². The van der Waals surface area contributed by atoms with Crippen LogP contribution in [-0.4, -0.2) is 6.61 Å². The largest absolute Gasteiger partial charge is 0.493 e. The Morgan fingerprint density at radius 3 is 2.79 bits per heavy atom. The summed E-state index contributed by atoms with van der Waals surface area (Å²) in [5, 5.41) is 0. The van der Waals surface area contributed by atoms with Crippen LogP contribution in [0.15, 0.2) is 35.1 Å². The number of rotatable bonds is 6. The molecule has 2 aliphatic rings. The molecule has 0 aliphatic heterocycles. The molecular formula is C13H18O. The number of unbranched alkanes of at least 4 members (excludes halogenated alkanes) is 3. The summed E-state index contributed by atoms with van der Waals surface area (Å²) in [4.78, 5) is 0. The Labute approximate surface area is 86.2 Å². The van der Waals surface area contributed by atoms with Crippen molar-refractivity contribution in [3.8, 4) is 0 Å². The smallest absolute Gasteiger partial charge is 0.123 e. The molecule has 76 valence electrons. The lowest BCUT2D eigenvalue weighted by Gasteiger charge is -2.07. The third-order valence-corrected chi connectivity index (χ3v) is 2.78. The van der Waals surface area contributed by atoms with Gasteiger partial charge in [0.05, 0.1) is 6.61 Å². The van der Waals surface area contributed by atoms with Crippen molar-refractivity contribution in [3.63, 3.8) is 0 Å². The molecule has 2 rings (SSSR count). The fraction of sp³-hybridized carbons (Fsp3) is 0.538. The number of fused-ring (bicyclic) bond motifs is 2. The summed E-state index contributed by atoms with van der Waals surface area (Å²) in [6.07, 6.45) is 12.7. The van der Waals surface area contributed by atoms with E-state index >= 15 is 0 Å². The number of hydrogen-bond donors (Lipinski definition) is 0. The van der Waals surface area contributed by atoms with Gasteiger partial charge in [0.25, 0.3) is 0 Å². The Morgan fingerprint density at radius 1 is 1.21 bits per heavy atom. The van der Waals surface area contributed by atoms with E-state index in [4.69, 9.17) is 4.74 Å². The predicted molar refractivity (Wildman–Crippen MR) is 59.0 cm³/mol. The first-order valence-electron chi connectivity index (χ1n) is 5.65. The lowest BCUT2D eigenvalue weighted by atomic mass is 10.2. The first kappa shape index (κ1) is 9.57. The summed E-state index contributed by atoms with van der Waals surface area (Å²) < 4.78 is 5.74. The maximum absolute atomic E-state index is 5.74. The highest BCUT2D eigenvalue weighted by Gasteiger charge is 2.18. The number of allylic oxidation sites excluding steroid dienone is 5. The first-order chi connectivity index (χ1) is 6.90. The normalized spacial score (nSPS) is 17.9. The summed E-state index contributed by atoms with van der Waals surface area (Å²) >= 11 is 0. The molecule has 2 bridgehead atoms. The molecule has 0 N–H and O–H groups in total. The molecular weight excluding hydrogens is 172 g/mol. The van der Waals surface area contributed by atoms with Crippen LogP contribution in [0.4, 0.5) is 0 Å². The Hall–Kier alpha value is -0.980. The van der Waals surface area contributed by atoms with Crippen LogP contribution in [-0.2, 0) is 4.74 Å². The zero-order valence-electron chi connectivity index (χ0n) is 8.88. The van der Waals surface area contributed by atoms with Crippen LogP contribution < -0.4 is 0 Å². The molecule has 0 saturated carbocycles. The summed E-state index contributed by atoms with van der Waals surface area (Å²) in [7, 11) is 0. The van der Waals surface area contributed by atoms with Gasteiger partial charge < -0.3 is 4.74 Å². The highest BCUT2D eigenvalue weighted by molar-refractivity contribution is 5.52. The second kappa shape index (κ2) is 4.50. The van der Waals surface area contributed by atoms with E-state index in [-0.39, 0.29) is 0 Å². The van der Waals surface area contributed by atoms with Gasteiger partial charge >= 0.3 is 0 Å². The average Bonchev–Trinajstić information content (AvgIpc) is 2.79. The molecule has 1 nitrogen and oxygen atoms in total. The fourth-order valence-electron chi connectivity index (χ4n) is 1.92. The monoisotopic (exact) mass is 190 g/mol. The summed E-state index contributed by atoms with van der Waals surface area (Å²) in [6.45, 7) is 3.12. The SMILES string of the molecule is CCCCCCOC1=C2C=CC(=C1)C2. The van der Waals surface area contributed by atoms with Crippen molar-refractivity contribution in [2.24, 2.45) is 0 Å². The van der Waals surface area contributed by atoms with E-state index in [0.29, 0.717) is 0 Å². The lowest BCUT2D eigenvalue weighted by molar-refractivity contribution is 0.215. The molecule has 0 fully saturated rings. The molecule has 0 aromatic carbocycles. The van der Waals surface area contributed by atoms with Crippen LogP contribution >= 0.6 is 0 Å². The van der Waals surface area contributed by atoms with Crippen molar-refractivity contribution in [1.29, 1.82) is 0 Å². The molecule has 0 aromatic heterocycles. The highest BCUT2D eigenvalue weighted by Crippen LogP contribution is 2.33. The van der Waals surface area contributed by atoms with Gasteiger partial charge in [0.1, 0.15) is 5.76 Å². The topological polar surface area (TPSA) is 9.23 Å².